The summed E-state index contributed by atoms with van der Waals surface area (Å²) in [5.41, 5.74) is 14.5. The number of nitrogens with one attached hydrogen (secondary N) is 1. The smallest absolute Gasteiger partial charge is 0.254 e. The molecule has 2 bridgehead atoms. The van der Waals surface area contributed by atoms with E-state index < -0.39 is 18.1 Å². The number of phenols is 1. The minimum absolute atomic E-state index is 0.0623. The van der Waals surface area contributed by atoms with Crippen molar-refractivity contribution in [3.63, 3.8) is 0 Å². The average Bonchev–Trinajstić information content (AvgIpc) is 4.34. The van der Waals surface area contributed by atoms with Gasteiger partial charge in [0.1, 0.15) is 23.8 Å². The number of hydrogen-bond acceptors (Lipinski definition) is 17. The molecule has 5 N–H and O–H groups in total. The average molecular weight is 1080 g/mol. The molecule has 6 aromatic rings. The van der Waals surface area contributed by atoms with E-state index in [1.54, 1.807) is 29.5 Å². The first-order chi connectivity index (χ1) is 37.7. The summed E-state index contributed by atoms with van der Waals surface area (Å²) in [6, 6.07) is 23.0. The molecule has 8 atom stereocenters. The lowest BCUT2D eigenvalue weighted by molar-refractivity contribution is -0.141. The van der Waals surface area contributed by atoms with Crippen molar-refractivity contribution in [2.24, 2.45) is 17.8 Å². The zero-order chi connectivity index (χ0) is 54.2. The van der Waals surface area contributed by atoms with E-state index in [1.807, 2.05) is 81.9 Å². The molecule has 2 amide bonds. The van der Waals surface area contributed by atoms with Gasteiger partial charge in [0.05, 0.1) is 46.2 Å². The number of nitrogens with zero attached hydrogens (tertiary/aromatic N) is 9. The lowest BCUT2D eigenvalue weighted by Crippen LogP contribution is -2.54. The van der Waals surface area contributed by atoms with E-state index in [9.17, 15) is 19.8 Å². The Hall–Kier alpha value is -6.83. The Bertz CT molecular complexity index is 3040. The molecule has 1 aliphatic carbocycles. The second-order valence-electron chi connectivity index (χ2n) is 22.8. The quantitative estimate of drug-likeness (QED) is 0.0634. The zero-order valence-corrected chi connectivity index (χ0v) is 46.1. The number of fused-ring (bicyclic) bond motifs is 2. The molecule has 1 unspecified atom stereocenters. The standard InChI is InChI=1S/C59H73N11O7S/c1-34(2)55(59(74)69-32-45(71)26-50(69)58(73)63-36(4)40-10-12-41(13-11-40)56-37(5)62-33-78-56)52-28-54(66-77-52)75-21-18-38-17-20-67(35(3)22-38)29-39-23-46(24-39)76-53-25-42(16-19-61-53)70-43-14-15-44(70)31-68(30-43)49-27-48(64-65-57(49)60)47-8-6-7-9-51(47)72/h6-13,16,19,25,27-28,33-36,38-39,43-46,50,55,71-72H,14-15,17-18,20-24,26,29-32H2,1-5H3,(H2,60,65)(H,63,73)/t35-,36-,38+,39?,43+,44?,45+,46?,50-,55+/m0/s1. The van der Waals surface area contributed by atoms with Crippen LogP contribution in [0.15, 0.2) is 89.0 Å². The summed E-state index contributed by atoms with van der Waals surface area (Å²) in [6.45, 7) is 14.4. The number of hydrogen-bond donors (Lipinski definition) is 4. The Morgan fingerprint density at radius 1 is 0.910 bits per heavy atom. The van der Waals surface area contributed by atoms with Crippen LogP contribution in [0.4, 0.5) is 17.2 Å². The molecule has 8 heterocycles. The number of aromatic hydroxyl groups is 1. The van der Waals surface area contributed by atoms with Crippen LogP contribution in [0.3, 0.4) is 0 Å². The molecule has 78 heavy (non-hydrogen) atoms. The number of aromatic nitrogens is 5. The summed E-state index contributed by atoms with van der Waals surface area (Å²) in [7, 11) is 0. The van der Waals surface area contributed by atoms with Crippen LogP contribution in [0.2, 0.25) is 0 Å². The summed E-state index contributed by atoms with van der Waals surface area (Å²) >= 11 is 1.60. The van der Waals surface area contributed by atoms with Gasteiger partial charge in [-0.3, -0.25) is 9.59 Å². The highest BCUT2D eigenvalue weighted by Crippen LogP contribution is 2.41. The number of aliphatic hydroxyl groups is 1. The van der Waals surface area contributed by atoms with Gasteiger partial charge >= 0.3 is 0 Å². The van der Waals surface area contributed by atoms with E-state index in [0.717, 1.165) is 104 Å². The molecular weight excluding hydrogens is 1010 g/mol. The molecule has 4 aliphatic heterocycles. The number of aliphatic hydroxyl groups excluding tert-OH is 1. The minimum atomic E-state index is -0.821. The van der Waals surface area contributed by atoms with Gasteiger partial charge in [-0.15, -0.1) is 21.5 Å². The number of piperidine rings is 1. The number of phenolic OH excluding ortho intramolecular Hbond substituents is 1. The molecule has 11 rings (SSSR count). The number of β-amino-alcohol motifs (C(OH)–C–C–N with tert-alkyl or cyclic N) is 1. The van der Waals surface area contributed by atoms with Gasteiger partial charge in [-0.05, 0) is 131 Å². The number of thiazole rings is 1. The van der Waals surface area contributed by atoms with Gasteiger partial charge < -0.3 is 54.9 Å². The normalized spacial score (nSPS) is 25.0. The Labute approximate surface area is 460 Å². The number of likely N-dealkylation sites (tertiary alicyclic amines) is 2. The number of piperazine rings is 1. The molecule has 18 nitrogen and oxygen atoms in total. The molecular formula is C59H73N11O7S. The fraction of sp³-hybridized carbons (Fsp3) is 0.508. The molecule has 0 radical (unpaired) electrons. The number of nitrogen functional groups attached to an aromatic ring is 1. The van der Waals surface area contributed by atoms with Crippen LogP contribution in [-0.2, 0) is 9.59 Å². The van der Waals surface area contributed by atoms with Gasteiger partial charge in [0, 0.05) is 80.3 Å². The number of rotatable bonds is 18. The van der Waals surface area contributed by atoms with Crippen LogP contribution >= 0.6 is 11.3 Å². The van der Waals surface area contributed by atoms with Gasteiger partial charge in [-0.2, -0.15) is 0 Å². The Kier molecular flexibility index (Phi) is 15.6. The molecule has 4 saturated heterocycles. The third kappa shape index (κ3) is 11.4. The lowest BCUT2D eigenvalue weighted by Gasteiger charge is -2.44. The third-order valence-corrected chi connectivity index (χ3v) is 18.1. The zero-order valence-electron chi connectivity index (χ0n) is 45.3. The van der Waals surface area contributed by atoms with E-state index in [1.165, 1.54) is 4.90 Å². The first-order valence-electron chi connectivity index (χ1n) is 27.9. The maximum atomic E-state index is 14.3. The van der Waals surface area contributed by atoms with Crippen molar-refractivity contribution < 1.29 is 33.8 Å². The van der Waals surface area contributed by atoms with Gasteiger partial charge in [0.15, 0.2) is 11.6 Å². The number of ether oxygens (including phenoxy) is 2. The van der Waals surface area contributed by atoms with Gasteiger partial charge in [0.25, 0.3) is 5.88 Å². The third-order valence-electron chi connectivity index (χ3n) is 17.1. The predicted molar refractivity (Wildman–Crippen MR) is 299 cm³/mol. The SMILES string of the molecule is Cc1ncsc1-c1ccc([C@H](C)NC(=O)[C@@H]2C[C@@H](O)CN2C(=O)[C@@H](c2cc(OCC[C@H]3CCN(CC4CC(Oc5cc(N6C7CC[C@@H]6CN(c6cc(-c8ccccc8O)nnc6N)C7)ccn5)C4)[C@@H](C)C3)no2)C(C)C)cc1. The van der Waals surface area contributed by atoms with Crippen LogP contribution in [-0.4, -0.2) is 133 Å². The lowest BCUT2D eigenvalue weighted by atomic mass is 9.80. The van der Waals surface area contributed by atoms with Crippen LogP contribution < -0.4 is 30.3 Å². The Balaban J connectivity index is 0.610. The van der Waals surface area contributed by atoms with Crippen LogP contribution in [0.1, 0.15) is 108 Å². The monoisotopic (exact) mass is 1080 g/mol. The largest absolute Gasteiger partial charge is 0.507 e. The topological polar surface area (TPSA) is 222 Å². The molecule has 4 aromatic heterocycles. The molecule has 412 valence electrons. The summed E-state index contributed by atoms with van der Waals surface area (Å²) in [6.07, 6.45) is 8.65. The highest BCUT2D eigenvalue weighted by atomic mass is 32.1. The van der Waals surface area contributed by atoms with Crippen molar-refractivity contribution in [1.82, 2.24) is 40.4 Å². The van der Waals surface area contributed by atoms with Crippen LogP contribution in [0, 0.1) is 24.7 Å². The van der Waals surface area contributed by atoms with Crippen molar-refractivity contribution >= 4 is 40.3 Å². The fourth-order valence-corrected chi connectivity index (χ4v) is 13.6. The molecule has 2 aromatic carbocycles. The second kappa shape index (κ2) is 22.9. The van der Waals surface area contributed by atoms with E-state index in [0.29, 0.717) is 71.2 Å². The number of aryl methyl sites for hydroxylation is 1. The first kappa shape index (κ1) is 53.2. The molecule has 5 aliphatic rings. The fourth-order valence-electron chi connectivity index (χ4n) is 12.8. The number of para-hydroxylation sites is 1. The minimum Gasteiger partial charge on any atom is -0.507 e. The number of benzene rings is 2. The number of pyridine rings is 1. The molecule has 19 heteroatoms. The second-order valence-corrected chi connectivity index (χ2v) is 23.7. The summed E-state index contributed by atoms with van der Waals surface area (Å²) < 4.78 is 18.4. The number of nitrogens with two attached hydrogens (primary N) is 1. The number of carbonyl (C=O) groups is 2. The maximum Gasteiger partial charge on any atom is 0.254 e. The van der Waals surface area contributed by atoms with Crippen LogP contribution in [0.5, 0.6) is 17.5 Å². The van der Waals surface area contributed by atoms with Gasteiger partial charge in [-0.25, -0.2) is 9.97 Å². The van der Waals surface area contributed by atoms with Gasteiger partial charge in [-0.1, -0.05) is 50.2 Å². The van der Waals surface area contributed by atoms with E-state index in [2.05, 4.69) is 64.4 Å². The summed E-state index contributed by atoms with van der Waals surface area (Å²) in [4.78, 5) is 47.2. The number of carbonyl (C=O) groups excluding carboxylic acids is 2. The first-order valence-corrected chi connectivity index (χ1v) is 28.8. The van der Waals surface area contributed by atoms with Crippen molar-refractivity contribution in [3.05, 3.63) is 102 Å². The predicted octanol–water partition coefficient (Wildman–Crippen LogP) is 8.41. The van der Waals surface area contributed by atoms with E-state index >= 15 is 0 Å². The molecule has 0 spiro atoms. The molecule has 1 saturated carbocycles. The van der Waals surface area contributed by atoms with Crippen molar-refractivity contribution in [2.45, 2.75) is 134 Å². The van der Waals surface area contributed by atoms with Crippen LogP contribution in [0.25, 0.3) is 21.7 Å². The number of amides is 2. The summed E-state index contributed by atoms with van der Waals surface area (Å²) in [5, 5.41) is 37.1. The van der Waals surface area contributed by atoms with Crippen molar-refractivity contribution in [1.29, 1.82) is 0 Å². The van der Waals surface area contributed by atoms with E-state index in [4.69, 9.17) is 19.7 Å². The highest BCUT2D eigenvalue weighted by molar-refractivity contribution is 7.13. The maximum absolute atomic E-state index is 14.3. The Morgan fingerprint density at radius 3 is 2.42 bits per heavy atom. The highest BCUT2D eigenvalue weighted by Gasteiger charge is 2.45. The van der Waals surface area contributed by atoms with E-state index in [-0.39, 0.29) is 48.6 Å². The Morgan fingerprint density at radius 2 is 1.69 bits per heavy atom. The van der Waals surface area contributed by atoms with Crippen molar-refractivity contribution in [2.75, 3.05) is 54.9 Å². The summed E-state index contributed by atoms with van der Waals surface area (Å²) in [5.74, 6) is 1.62. The van der Waals surface area contributed by atoms with Gasteiger partial charge in [0.2, 0.25) is 17.7 Å². The van der Waals surface area contributed by atoms with Crippen molar-refractivity contribution in [3.8, 4) is 39.2 Å². The molecule has 5 fully saturated rings. The number of anilines is 3.